The predicted octanol–water partition coefficient (Wildman–Crippen LogP) is 6.44. The molecule has 6 aromatic rings. The van der Waals surface area contributed by atoms with Crippen LogP contribution in [0.2, 0.25) is 0 Å². The number of para-hydroxylation sites is 3. The minimum atomic E-state index is -1.47. The summed E-state index contributed by atoms with van der Waals surface area (Å²) >= 11 is 0. The molecule has 0 bridgehead atoms. The standard InChI is InChI=1S/C31H19BO3/c32-25-18-24-28(30-29(25)21-13-5-8-16-26(21)35-30)20-12-4-6-14-22(20)31(24,33)23-15-7-9-17-27(23)34-19-10-2-1-3-11-19/h1-18,33H. The van der Waals surface area contributed by atoms with Gasteiger partial charge in [-0.25, -0.2) is 0 Å². The molecule has 4 heteroatoms. The van der Waals surface area contributed by atoms with Crippen molar-refractivity contribution in [2.24, 2.45) is 0 Å². The van der Waals surface area contributed by atoms with Crippen LogP contribution in [0.4, 0.5) is 0 Å². The van der Waals surface area contributed by atoms with Crippen molar-refractivity contribution in [3.63, 3.8) is 0 Å². The molecule has 164 valence electrons. The molecule has 0 spiro atoms. The van der Waals surface area contributed by atoms with E-state index in [2.05, 4.69) is 0 Å². The molecule has 1 unspecified atom stereocenters. The van der Waals surface area contributed by atoms with Gasteiger partial charge in [-0.2, -0.15) is 0 Å². The van der Waals surface area contributed by atoms with E-state index in [-0.39, 0.29) is 0 Å². The van der Waals surface area contributed by atoms with Crippen LogP contribution in [0.1, 0.15) is 16.7 Å². The van der Waals surface area contributed by atoms with Crippen LogP contribution in [-0.2, 0) is 5.60 Å². The lowest BCUT2D eigenvalue weighted by molar-refractivity contribution is 0.128. The number of hydrogen-bond donors (Lipinski definition) is 1. The highest BCUT2D eigenvalue weighted by molar-refractivity contribution is 6.42. The van der Waals surface area contributed by atoms with Gasteiger partial charge in [0.2, 0.25) is 0 Å². The van der Waals surface area contributed by atoms with E-state index < -0.39 is 5.60 Å². The SMILES string of the molecule is [B]c1cc2c(c3oc4ccccc4c13)-c1ccccc1C2(O)c1ccccc1Oc1ccccc1. The molecule has 0 fully saturated rings. The summed E-state index contributed by atoms with van der Waals surface area (Å²) in [7, 11) is 6.63. The predicted molar refractivity (Wildman–Crippen MR) is 140 cm³/mol. The number of hydrogen-bond acceptors (Lipinski definition) is 3. The normalized spacial score (nSPS) is 16.4. The summed E-state index contributed by atoms with van der Waals surface area (Å²) in [4.78, 5) is 0. The minimum Gasteiger partial charge on any atom is -0.457 e. The van der Waals surface area contributed by atoms with E-state index in [4.69, 9.17) is 17.0 Å². The average Bonchev–Trinajstić information content (AvgIpc) is 3.40. The maximum Gasteiger partial charge on any atom is 0.145 e. The van der Waals surface area contributed by atoms with Crippen LogP contribution in [0.5, 0.6) is 11.5 Å². The van der Waals surface area contributed by atoms with Gasteiger partial charge < -0.3 is 14.3 Å². The molecule has 1 aromatic heterocycles. The van der Waals surface area contributed by atoms with Gasteiger partial charge in [-0.3, -0.25) is 0 Å². The Hall–Kier alpha value is -4.28. The third-order valence-corrected chi connectivity index (χ3v) is 6.90. The molecular weight excluding hydrogens is 431 g/mol. The second-order valence-electron chi connectivity index (χ2n) is 8.86. The van der Waals surface area contributed by atoms with Crippen LogP contribution < -0.4 is 10.2 Å². The highest BCUT2D eigenvalue weighted by Crippen LogP contribution is 2.55. The first-order valence-corrected chi connectivity index (χ1v) is 11.5. The molecule has 1 atom stereocenters. The first kappa shape index (κ1) is 20.1. The summed E-state index contributed by atoms with van der Waals surface area (Å²) in [5.41, 5.74) is 4.43. The zero-order valence-electron chi connectivity index (χ0n) is 18.7. The van der Waals surface area contributed by atoms with Crippen molar-refractivity contribution in [2.45, 2.75) is 5.60 Å². The van der Waals surface area contributed by atoms with E-state index in [1.54, 1.807) is 0 Å². The zero-order chi connectivity index (χ0) is 23.6. The smallest absolute Gasteiger partial charge is 0.145 e. The van der Waals surface area contributed by atoms with Crippen LogP contribution in [0.25, 0.3) is 33.1 Å². The lowest BCUT2D eigenvalue weighted by Gasteiger charge is -2.28. The Bertz CT molecular complexity index is 1750. The molecule has 35 heavy (non-hydrogen) atoms. The van der Waals surface area contributed by atoms with Gasteiger partial charge in [-0.05, 0) is 29.8 Å². The van der Waals surface area contributed by atoms with Gasteiger partial charge in [0.25, 0.3) is 0 Å². The summed E-state index contributed by atoms with van der Waals surface area (Å²) in [5, 5.41) is 14.4. The Morgan fingerprint density at radius 1 is 0.714 bits per heavy atom. The Morgan fingerprint density at radius 2 is 1.40 bits per heavy atom. The molecule has 1 aliphatic rings. The monoisotopic (exact) mass is 450 g/mol. The third kappa shape index (κ3) is 2.78. The molecule has 5 aromatic carbocycles. The number of rotatable bonds is 3. The maximum absolute atomic E-state index is 12.6. The van der Waals surface area contributed by atoms with E-state index >= 15 is 0 Å². The van der Waals surface area contributed by atoms with Gasteiger partial charge in [0.05, 0.1) is 0 Å². The molecule has 1 aliphatic carbocycles. The topological polar surface area (TPSA) is 42.6 Å². The average molecular weight is 450 g/mol. The largest absolute Gasteiger partial charge is 0.457 e. The quantitative estimate of drug-likeness (QED) is 0.316. The van der Waals surface area contributed by atoms with Crippen molar-refractivity contribution in [3.05, 3.63) is 126 Å². The second kappa shape index (κ2) is 7.36. The highest BCUT2D eigenvalue weighted by atomic mass is 16.5. The van der Waals surface area contributed by atoms with Gasteiger partial charge in [0.15, 0.2) is 0 Å². The Kier molecular flexibility index (Phi) is 4.23. The van der Waals surface area contributed by atoms with Crippen molar-refractivity contribution in [1.29, 1.82) is 0 Å². The number of fused-ring (bicyclic) bond motifs is 7. The first-order chi connectivity index (χ1) is 17.2. The Morgan fingerprint density at radius 3 is 2.26 bits per heavy atom. The van der Waals surface area contributed by atoms with E-state index in [1.807, 2.05) is 109 Å². The number of aliphatic hydroxyl groups is 1. The van der Waals surface area contributed by atoms with E-state index in [1.165, 1.54) is 0 Å². The molecule has 1 heterocycles. The lowest BCUT2D eigenvalue weighted by atomic mass is 9.80. The highest BCUT2D eigenvalue weighted by Gasteiger charge is 2.46. The van der Waals surface area contributed by atoms with Gasteiger partial charge in [-0.1, -0.05) is 90.4 Å². The zero-order valence-corrected chi connectivity index (χ0v) is 18.7. The van der Waals surface area contributed by atoms with Gasteiger partial charge >= 0.3 is 0 Å². The Labute approximate surface area is 203 Å². The molecule has 0 aliphatic heterocycles. The van der Waals surface area contributed by atoms with E-state index in [0.717, 1.165) is 33.0 Å². The minimum absolute atomic E-state index is 0.566. The van der Waals surface area contributed by atoms with E-state index in [0.29, 0.717) is 33.7 Å². The molecule has 3 nitrogen and oxygen atoms in total. The maximum atomic E-state index is 12.6. The third-order valence-electron chi connectivity index (χ3n) is 6.90. The molecule has 0 saturated carbocycles. The number of benzene rings is 5. The number of furan rings is 1. The fourth-order valence-corrected chi connectivity index (χ4v) is 5.40. The molecule has 2 radical (unpaired) electrons. The molecule has 0 amide bonds. The molecular formula is C31H19BO3. The fourth-order valence-electron chi connectivity index (χ4n) is 5.40. The Balaban J connectivity index is 1.55. The summed E-state index contributed by atoms with van der Waals surface area (Å²) in [6.07, 6.45) is 0. The van der Waals surface area contributed by atoms with Crippen LogP contribution in [0, 0.1) is 0 Å². The molecule has 7 rings (SSSR count). The van der Waals surface area contributed by atoms with Crippen molar-refractivity contribution >= 4 is 35.2 Å². The summed E-state index contributed by atoms with van der Waals surface area (Å²) in [6.45, 7) is 0. The van der Waals surface area contributed by atoms with Crippen molar-refractivity contribution in [1.82, 2.24) is 0 Å². The lowest BCUT2D eigenvalue weighted by Crippen LogP contribution is -2.28. The van der Waals surface area contributed by atoms with E-state index in [9.17, 15) is 5.11 Å². The van der Waals surface area contributed by atoms with Gasteiger partial charge in [0, 0.05) is 33.0 Å². The fraction of sp³-hybridized carbons (Fsp3) is 0.0323. The van der Waals surface area contributed by atoms with Crippen molar-refractivity contribution in [2.75, 3.05) is 0 Å². The second-order valence-corrected chi connectivity index (χ2v) is 8.86. The van der Waals surface area contributed by atoms with Crippen molar-refractivity contribution in [3.8, 4) is 22.6 Å². The van der Waals surface area contributed by atoms with Gasteiger partial charge in [0.1, 0.15) is 36.1 Å². The van der Waals surface area contributed by atoms with Crippen LogP contribution >= 0.6 is 0 Å². The van der Waals surface area contributed by atoms with Crippen LogP contribution in [-0.4, -0.2) is 13.0 Å². The van der Waals surface area contributed by atoms with Crippen molar-refractivity contribution < 1.29 is 14.3 Å². The van der Waals surface area contributed by atoms with Crippen LogP contribution in [0.15, 0.2) is 114 Å². The van der Waals surface area contributed by atoms with Crippen LogP contribution in [0.3, 0.4) is 0 Å². The molecule has 0 saturated heterocycles. The van der Waals surface area contributed by atoms with Gasteiger partial charge in [-0.15, -0.1) is 0 Å². The summed E-state index contributed by atoms with van der Waals surface area (Å²) in [5.74, 6) is 1.27. The first-order valence-electron chi connectivity index (χ1n) is 11.5. The number of ether oxygens (including phenoxy) is 1. The molecule has 1 N–H and O–H groups in total. The summed E-state index contributed by atoms with van der Waals surface area (Å²) < 4.78 is 12.6. The summed E-state index contributed by atoms with van der Waals surface area (Å²) in [6, 6.07) is 34.8.